The lowest BCUT2D eigenvalue weighted by atomic mass is 10.0. The van der Waals surface area contributed by atoms with Gasteiger partial charge in [-0.2, -0.15) is 13.8 Å². The number of carbonyl (C=O) groups excluding carboxylic acids is 1. The molecule has 0 saturated heterocycles. The molecule has 2 aromatic carbocycles. The van der Waals surface area contributed by atoms with Crippen LogP contribution < -0.4 is 20.3 Å². The minimum Gasteiger partial charge on any atom is -0.464 e. The minimum atomic E-state index is -2.97. The van der Waals surface area contributed by atoms with Crippen molar-refractivity contribution in [3.05, 3.63) is 70.9 Å². The average molecular weight is 607 g/mol. The SMILES string of the molecule is CCOc1ncc2cc(-c3ccc4nc(CCNC(=O)OC(C)(C)C)n(C)c4c3)c(=O)n(-c3ccc(OC(F)F)cc3)c2n1. The quantitative estimate of drug-likeness (QED) is 0.237. The van der Waals surface area contributed by atoms with E-state index in [4.69, 9.17) is 14.5 Å². The molecular formula is C31H32F2N6O5. The van der Waals surface area contributed by atoms with Gasteiger partial charge in [0.1, 0.15) is 17.2 Å². The van der Waals surface area contributed by atoms with Gasteiger partial charge in [0.25, 0.3) is 5.56 Å². The summed E-state index contributed by atoms with van der Waals surface area (Å²) in [5.41, 5.74) is 2.22. The van der Waals surface area contributed by atoms with E-state index in [9.17, 15) is 18.4 Å². The number of carbonyl (C=O) groups is 1. The summed E-state index contributed by atoms with van der Waals surface area (Å²) in [6, 6.07) is 13.0. The molecule has 0 fully saturated rings. The van der Waals surface area contributed by atoms with E-state index in [2.05, 4.69) is 20.0 Å². The third-order valence-corrected chi connectivity index (χ3v) is 6.61. The maximum absolute atomic E-state index is 14.1. The fourth-order valence-corrected chi connectivity index (χ4v) is 4.72. The summed E-state index contributed by atoms with van der Waals surface area (Å²) in [5.74, 6) is 0.702. The van der Waals surface area contributed by atoms with Crippen LogP contribution in [0.5, 0.6) is 11.8 Å². The summed E-state index contributed by atoms with van der Waals surface area (Å²) in [4.78, 5) is 39.5. The van der Waals surface area contributed by atoms with Gasteiger partial charge in [-0.1, -0.05) is 6.07 Å². The van der Waals surface area contributed by atoms with Crippen molar-refractivity contribution < 1.29 is 27.8 Å². The molecule has 1 amide bonds. The highest BCUT2D eigenvalue weighted by molar-refractivity contribution is 5.87. The van der Waals surface area contributed by atoms with E-state index in [1.807, 2.05) is 23.7 Å². The molecule has 0 atom stereocenters. The molecule has 5 rings (SSSR count). The normalized spacial score (nSPS) is 11.7. The Morgan fingerprint density at radius 3 is 2.50 bits per heavy atom. The van der Waals surface area contributed by atoms with Gasteiger partial charge in [-0.3, -0.25) is 9.36 Å². The first-order valence-corrected chi connectivity index (χ1v) is 14.0. The first kappa shape index (κ1) is 30.4. The van der Waals surface area contributed by atoms with Gasteiger partial charge in [-0.25, -0.2) is 14.8 Å². The number of pyridine rings is 1. The maximum atomic E-state index is 14.1. The lowest BCUT2D eigenvalue weighted by molar-refractivity contribution is -0.0498. The molecule has 0 bridgehead atoms. The molecule has 0 radical (unpaired) electrons. The molecule has 230 valence electrons. The Labute approximate surface area is 251 Å². The Bertz CT molecular complexity index is 1880. The van der Waals surface area contributed by atoms with Crippen LogP contribution in [0, 0.1) is 0 Å². The summed E-state index contributed by atoms with van der Waals surface area (Å²) in [6.45, 7) is 4.88. The molecule has 11 nitrogen and oxygen atoms in total. The second-order valence-electron chi connectivity index (χ2n) is 10.9. The molecule has 5 aromatic rings. The zero-order valence-corrected chi connectivity index (χ0v) is 24.9. The predicted octanol–water partition coefficient (Wildman–Crippen LogP) is 5.40. The number of ether oxygens (including phenoxy) is 3. The summed E-state index contributed by atoms with van der Waals surface area (Å²) >= 11 is 0. The van der Waals surface area contributed by atoms with Crippen LogP contribution in [0.4, 0.5) is 13.6 Å². The van der Waals surface area contributed by atoms with E-state index in [0.717, 1.165) is 16.9 Å². The third kappa shape index (κ3) is 6.61. The molecule has 1 N–H and O–H groups in total. The Hall–Kier alpha value is -5.07. The number of halogens is 2. The third-order valence-electron chi connectivity index (χ3n) is 6.61. The van der Waals surface area contributed by atoms with E-state index in [0.29, 0.717) is 47.4 Å². The summed E-state index contributed by atoms with van der Waals surface area (Å²) in [6.07, 6.45) is 1.53. The van der Waals surface area contributed by atoms with Crippen LogP contribution in [0.15, 0.2) is 59.5 Å². The number of imidazole rings is 1. The van der Waals surface area contributed by atoms with Gasteiger partial charge in [0.15, 0.2) is 5.65 Å². The molecule has 0 unspecified atom stereocenters. The van der Waals surface area contributed by atoms with E-state index in [-0.39, 0.29) is 17.3 Å². The van der Waals surface area contributed by atoms with Crippen molar-refractivity contribution in [2.24, 2.45) is 7.05 Å². The van der Waals surface area contributed by atoms with Gasteiger partial charge in [0.2, 0.25) is 0 Å². The molecule has 0 spiro atoms. The van der Waals surface area contributed by atoms with Crippen molar-refractivity contribution >= 4 is 28.2 Å². The molecular weight excluding hydrogens is 574 g/mol. The van der Waals surface area contributed by atoms with Crippen molar-refractivity contribution in [2.45, 2.75) is 46.3 Å². The van der Waals surface area contributed by atoms with Crippen LogP contribution in [0.2, 0.25) is 0 Å². The van der Waals surface area contributed by atoms with Gasteiger partial charge >= 0.3 is 18.7 Å². The second-order valence-corrected chi connectivity index (χ2v) is 10.9. The molecule has 44 heavy (non-hydrogen) atoms. The number of amides is 1. The zero-order chi connectivity index (χ0) is 31.6. The zero-order valence-electron chi connectivity index (χ0n) is 24.9. The number of nitrogens with zero attached hydrogens (tertiary/aromatic N) is 5. The highest BCUT2D eigenvalue weighted by Gasteiger charge is 2.19. The monoisotopic (exact) mass is 606 g/mol. The van der Waals surface area contributed by atoms with Crippen molar-refractivity contribution in [3.8, 4) is 28.6 Å². The summed E-state index contributed by atoms with van der Waals surface area (Å²) < 4.78 is 44.0. The van der Waals surface area contributed by atoms with Crippen LogP contribution in [0.1, 0.15) is 33.5 Å². The molecule has 3 heterocycles. The van der Waals surface area contributed by atoms with Crippen LogP contribution >= 0.6 is 0 Å². The van der Waals surface area contributed by atoms with E-state index < -0.39 is 18.3 Å². The highest BCUT2D eigenvalue weighted by Crippen LogP contribution is 2.27. The van der Waals surface area contributed by atoms with Gasteiger partial charge in [0.05, 0.1) is 23.3 Å². The second kappa shape index (κ2) is 12.3. The highest BCUT2D eigenvalue weighted by atomic mass is 19.3. The van der Waals surface area contributed by atoms with Crippen LogP contribution in [-0.2, 0) is 18.2 Å². The predicted molar refractivity (Wildman–Crippen MR) is 161 cm³/mol. The fourth-order valence-electron chi connectivity index (χ4n) is 4.72. The number of fused-ring (bicyclic) bond motifs is 2. The largest absolute Gasteiger partial charge is 0.464 e. The number of alkyl halides is 2. The number of benzene rings is 2. The summed E-state index contributed by atoms with van der Waals surface area (Å²) in [7, 11) is 1.87. The first-order chi connectivity index (χ1) is 20.9. The fraction of sp³-hybridized carbons (Fsp3) is 0.323. The lowest BCUT2D eigenvalue weighted by Gasteiger charge is -2.19. The van der Waals surface area contributed by atoms with Crippen molar-refractivity contribution in [1.82, 2.24) is 29.4 Å². The van der Waals surface area contributed by atoms with Crippen LogP contribution in [0.25, 0.3) is 38.9 Å². The number of aromatic nitrogens is 5. The smallest absolute Gasteiger partial charge is 0.407 e. The molecule has 0 aliphatic rings. The topological polar surface area (TPSA) is 122 Å². The Kier molecular flexibility index (Phi) is 8.47. The molecule has 13 heteroatoms. The molecule has 0 aliphatic heterocycles. The molecule has 3 aromatic heterocycles. The van der Waals surface area contributed by atoms with Gasteiger partial charge in [0, 0.05) is 37.2 Å². The van der Waals surface area contributed by atoms with Crippen molar-refractivity contribution in [2.75, 3.05) is 13.2 Å². The number of aryl methyl sites for hydroxylation is 1. The van der Waals surface area contributed by atoms with E-state index in [1.165, 1.54) is 28.8 Å². The van der Waals surface area contributed by atoms with Crippen LogP contribution in [0.3, 0.4) is 0 Å². The Balaban J connectivity index is 1.54. The van der Waals surface area contributed by atoms with Gasteiger partial charge in [-0.05, 0) is 75.7 Å². The number of alkyl carbamates (subject to hydrolysis) is 1. The number of nitrogens with one attached hydrogen (secondary N) is 1. The first-order valence-electron chi connectivity index (χ1n) is 14.0. The van der Waals surface area contributed by atoms with Gasteiger partial charge < -0.3 is 24.1 Å². The van der Waals surface area contributed by atoms with E-state index >= 15 is 0 Å². The lowest BCUT2D eigenvalue weighted by Crippen LogP contribution is -2.33. The average Bonchev–Trinajstić information content (AvgIpc) is 3.27. The molecule has 0 saturated carbocycles. The molecule has 0 aliphatic carbocycles. The van der Waals surface area contributed by atoms with Crippen molar-refractivity contribution in [3.63, 3.8) is 0 Å². The number of rotatable bonds is 9. The minimum absolute atomic E-state index is 0.0411. The summed E-state index contributed by atoms with van der Waals surface area (Å²) in [5, 5.41) is 3.31. The number of hydrogen-bond acceptors (Lipinski definition) is 8. The Morgan fingerprint density at radius 2 is 1.82 bits per heavy atom. The number of hydrogen-bond donors (Lipinski definition) is 1. The maximum Gasteiger partial charge on any atom is 0.407 e. The van der Waals surface area contributed by atoms with Crippen molar-refractivity contribution in [1.29, 1.82) is 0 Å². The van der Waals surface area contributed by atoms with E-state index in [1.54, 1.807) is 46.0 Å². The standard InChI is InChI=1S/C31H32F2N6O5/c1-6-42-29-35-17-19-15-22(27(40)39(26(19)37-29)20-8-10-21(11-9-20)43-28(32)33)18-7-12-23-24(16-18)38(5)25(36-23)13-14-34-30(41)44-31(2,3)4/h7-12,15-17,28H,6,13-14H2,1-5H3,(H,34,41). The Morgan fingerprint density at radius 1 is 1.07 bits per heavy atom. The van der Waals surface area contributed by atoms with Gasteiger partial charge in [-0.15, -0.1) is 0 Å². The van der Waals surface area contributed by atoms with Crippen LogP contribution in [-0.4, -0.2) is 55.5 Å².